The first-order valence-corrected chi connectivity index (χ1v) is 6.59. The number of thiophene rings is 1. The van der Waals surface area contributed by atoms with E-state index in [9.17, 15) is 0 Å². The molecule has 1 aliphatic rings. The standard InChI is InChI=1S/C14H15NS/c15-9-13-6-7-14(16-13)12-5-4-10-2-1-3-11(10)8-12/h4-8H,1-3,9,15H2. The highest BCUT2D eigenvalue weighted by molar-refractivity contribution is 7.15. The molecule has 0 saturated carbocycles. The van der Waals surface area contributed by atoms with E-state index in [1.54, 1.807) is 22.5 Å². The smallest absolute Gasteiger partial charge is 0.0346 e. The number of rotatable bonds is 2. The molecule has 0 saturated heterocycles. The molecule has 1 aromatic heterocycles. The quantitative estimate of drug-likeness (QED) is 0.839. The van der Waals surface area contributed by atoms with Crippen LogP contribution in [0.15, 0.2) is 30.3 Å². The van der Waals surface area contributed by atoms with E-state index in [4.69, 9.17) is 5.73 Å². The van der Waals surface area contributed by atoms with Crippen molar-refractivity contribution >= 4 is 11.3 Å². The zero-order valence-electron chi connectivity index (χ0n) is 9.20. The minimum atomic E-state index is 0.648. The monoisotopic (exact) mass is 229 g/mol. The first-order chi connectivity index (χ1) is 7.86. The topological polar surface area (TPSA) is 26.0 Å². The zero-order chi connectivity index (χ0) is 11.0. The van der Waals surface area contributed by atoms with E-state index in [-0.39, 0.29) is 0 Å². The molecule has 0 unspecified atom stereocenters. The van der Waals surface area contributed by atoms with Crippen LogP contribution >= 0.6 is 11.3 Å². The molecular weight excluding hydrogens is 214 g/mol. The Morgan fingerprint density at radius 3 is 2.75 bits per heavy atom. The van der Waals surface area contributed by atoms with Crippen LogP contribution in [-0.4, -0.2) is 0 Å². The summed E-state index contributed by atoms with van der Waals surface area (Å²) >= 11 is 1.81. The Balaban J connectivity index is 2.00. The zero-order valence-corrected chi connectivity index (χ0v) is 10.0. The highest BCUT2D eigenvalue weighted by atomic mass is 32.1. The maximum atomic E-state index is 5.64. The van der Waals surface area contributed by atoms with Crippen LogP contribution in [0.2, 0.25) is 0 Å². The van der Waals surface area contributed by atoms with Crippen LogP contribution in [0, 0.1) is 0 Å². The van der Waals surface area contributed by atoms with Crippen LogP contribution in [0.4, 0.5) is 0 Å². The maximum Gasteiger partial charge on any atom is 0.0346 e. The molecule has 2 heteroatoms. The first kappa shape index (κ1) is 10.1. The Bertz CT molecular complexity index is 513. The summed E-state index contributed by atoms with van der Waals surface area (Å²) in [5.74, 6) is 0. The number of fused-ring (bicyclic) bond motifs is 1. The van der Waals surface area contributed by atoms with Crippen LogP contribution < -0.4 is 5.73 Å². The molecule has 0 fully saturated rings. The summed E-state index contributed by atoms with van der Waals surface area (Å²) in [6.07, 6.45) is 3.82. The molecule has 3 rings (SSSR count). The molecular formula is C14H15NS. The van der Waals surface area contributed by atoms with Crippen molar-refractivity contribution in [1.82, 2.24) is 0 Å². The van der Waals surface area contributed by atoms with Gasteiger partial charge in [-0.3, -0.25) is 0 Å². The van der Waals surface area contributed by atoms with Gasteiger partial charge in [-0.1, -0.05) is 18.2 Å². The lowest BCUT2D eigenvalue weighted by Gasteiger charge is -2.02. The van der Waals surface area contributed by atoms with Gasteiger partial charge in [0.1, 0.15) is 0 Å². The Kier molecular flexibility index (Phi) is 2.54. The van der Waals surface area contributed by atoms with Gasteiger partial charge in [-0.15, -0.1) is 11.3 Å². The number of hydrogen-bond acceptors (Lipinski definition) is 2. The average Bonchev–Trinajstić information content (AvgIpc) is 2.96. The summed E-state index contributed by atoms with van der Waals surface area (Å²) in [5, 5.41) is 0. The van der Waals surface area contributed by atoms with Gasteiger partial charge in [0.25, 0.3) is 0 Å². The molecule has 0 spiro atoms. The molecule has 2 aromatic rings. The number of nitrogens with two attached hydrogens (primary N) is 1. The fourth-order valence-corrected chi connectivity index (χ4v) is 3.25. The summed E-state index contributed by atoms with van der Waals surface area (Å²) in [6, 6.07) is 11.2. The van der Waals surface area contributed by atoms with Crippen LogP contribution in [0.25, 0.3) is 10.4 Å². The third kappa shape index (κ3) is 1.68. The summed E-state index contributed by atoms with van der Waals surface area (Å²) in [6.45, 7) is 0.648. The second kappa shape index (κ2) is 4.04. The Morgan fingerprint density at radius 1 is 1.06 bits per heavy atom. The normalized spacial score (nSPS) is 14.1. The van der Waals surface area contributed by atoms with Crippen LogP contribution in [0.3, 0.4) is 0 Å². The van der Waals surface area contributed by atoms with E-state index in [1.807, 2.05) is 0 Å². The van der Waals surface area contributed by atoms with Gasteiger partial charge in [0.2, 0.25) is 0 Å². The lowest BCUT2D eigenvalue weighted by molar-refractivity contribution is 0.912. The van der Waals surface area contributed by atoms with Gasteiger partial charge in [0.15, 0.2) is 0 Å². The van der Waals surface area contributed by atoms with Crippen molar-refractivity contribution in [2.75, 3.05) is 0 Å². The Morgan fingerprint density at radius 2 is 1.94 bits per heavy atom. The second-order valence-corrected chi connectivity index (χ2v) is 5.48. The molecule has 0 bridgehead atoms. The van der Waals surface area contributed by atoms with Gasteiger partial charge < -0.3 is 5.73 Å². The van der Waals surface area contributed by atoms with Crippen molar-refractivity contribution in [3.8, 4) is 10.4 Å². The maximum absolute atomic E-state index is 5.64. The number of benzene rings is 1. The van der Waals surface area contributed by atoms with Crippen molar-refractivity contribution in [3.63, 3.8) is 0 Å². The fraction of sp³-hybridized carbons (Fsp3) is 0.286. The van der Waals surface area contributed by atoms with Crippen molar-refractivity contribution in [3.05, 3.63) is 46.3 Å². The fourth-order valence-electron chi connectivity index (χ4n) is 2.37. The van der Waals surface area contributed by atoms with Crippen LogP contribution in [0.1, 0.15) is 22.4 Å². The Labute approximate surface area is 99.9 Å². The Hall–Kier alpha value is -1.12. The number of hydrogen-bond donors (Lipinski definition) is 1. The average molecular weight is 229 g/mol. The molecule has 0 radical (unpaired) electrons. The molecule has 1 heterocycles. The number of aryl methyl sites for hydroxylation is 2. The molecule has 1 aliphatic carbocycles. The molecule has 82 valence electrons. The first-order valence-electron chi connectivity index (χ1n) is 5.78. The minimum Gasteiger partial charge on any atom is -0.326 e. The third-order valence-corrected chi connectivity index (χ3v) is 4.40. The van der Waals surface area contributed by atoms with Gasteiger partial charge >= 0.3 is 0 Å². The third-order valence-electron chi connectivity index (χ3n) is 3.25. The van der Waals surface area contributed by atoms with Gasteiger partial charge in [-0.25, -0.2) is 0 Å². The van der Waals surface area contributed by atoms with Crippen molar-refractivity contribution in [2.45, 2.75) is 25.8 Å². The van der Waals surface area contributed by atoms with Crippen molar-refractivity contribution in [1.29, 1.82) is 0 Å². The highest BCUT2D eigenvalue weighted by Crippen LogP contribution is 2.32. The van der Waals surface area contributed by atoms with Crippen molar-refractivity contribution in [2.24, 2.45) is 5.73 Å². The SMILES string of the molecule is NCc1ccc(-c2ccc3c(c2)CCC3)s1. The summed E-state index contributed by atoms with van der Waals surface area (Å²) in [4.78, 5) is 2.60. The van der Waals surface area contributed by atoms with Gasteiger partial charge in [0.05, 0.1) is 0 Å². The molecule has 16 heavy (non-hydrogen) atoms. The second-order valence-electron chi connectivity index (χ2n) is 4.31. The van der Waals surface area contributed by atoms with Gasteiger partial charge in [0, 0.05) is 16.3 Å². The highest BCUT2D eigenvalue weighted by Gasteiger charge is 2.11. The minimum absolute atomic E-state index is 0.648. The van der Waals surface area contributed by atoms with E-state index < -0.39 is 0 Å². The van der Waals surface area contributed by atoms with E-state index in [0.717, 1.165) is 0 Å². The molecule has 1 aromatic carbocycles. The molecule has 1 nitrogen and oxygen atoms in total. The van der Waals surface area contributed by atoms with Gasteiger partial charge in [-0.05, 0) is 48.1 Å². The molecule has 0 atom stereocenters. The molecule has 2 N–H and O–H groups in total. The van der Waals surface area contributed by atoms with E-state index in [2.05, 4.69) is 30.3 Å². The lowest BCUT2D eigenvalue weighted by atomic mass is 10.1. The predicted octanol–water partition coefficient (Wildman–Crippen LogP) is 3.36. The van der Waals surface area contributed by atoms with E-state index in [0.29, 0.717) is 6.54 Å². The largest absolute Gasteiger partial charge is 0.326 e. The van der Waals surface area contributed by atoms with E-state index in [1.165, 1.54) is 34.6 Å². The van der Waals surface area contributed by atoms with Crippen molar-refractivity contribution < 1.29 is 0 Å². The summed E-state index contributed by atoms with van der Waals surface area (Å²) in [5.41, 5.74) is 10.1. The lowest BCUT2D eigenvalue weighted by Crippen LogP contribution is -1.91. The van der Waals surface area contributed by atoms with Gasteiger partial charge in [-0.2, -0.15) is 0 Å². The van der Waals surface area contributed by atoms with Crippen LogP contribution in [-0.2, 0) is 19.4 Å². The summed E-state index contributed by atoms with van der Waals surface area (Å²) < 4.78 is 0. The molecule has 0 amide bonds. The predicted molar refractivity (Wildman–Crippen MR) is 69.7 cm³/mol. The molecule has 0 aliphatic heterocycles. The van der Waals surface area contributed by atoms with Crippen LogP contribution in [0.5, 0.6) is 0 Å². The van der Waals surface area contributed by atoms with E-state index >= 15 is 0 Å². The summed E-state index contributed by atoms with van der Waals surface area (Å²) in [7, 11) is 0.